The number of carbonyl (C=O) groups is 5. The summed E-state index contributed by atoms with van der Waals surface area (Å²) in [6.07, 6.45) is 5.04. The summed E-state index contributed by atoms with van der Waals surface area (Å²) in [5.41, 5.74) is 35.2. The van der Waals surface area contributed by atoms with Crippen LogP contribution < -0.4 is 55.7 Å². The molecule has 306 valence electrons. The Kier molecular flexibility index (Phi) is 17.0. The molecule has 1 aromatic carbocycles. The fourth-order valence-corrected chi connectivity index (χ4v) is 5.81. The number of nitrogens with one attached hydrogen (secondary N) is 5. The number of nitrogens with zero attached hydrogens (tertiary/aromatic N) is 5. The normalized spacial score (nSPS) is 13.8. The Hall–Kier alpha value is -6.25. The van der Waals surface area contributed by atoms with Crippen LogP contribution in [0.1, 0.15) is 68.9 Å². The van der Waals surface area contributed by atoms with Crippen LogP contribution in [0.5, 0.6) is 0 Å². The van der Waals surface area contributed by atoms with Gasteiger partial charge in [0, 0.05) is 36.2 Å². The number of benzene rings is 1. The van der Waals surface area contributed by atoms with Gasteiger partial charge in [-0.1, -0.05) is 37.3 Å². The number of aromatic amines is 1. The molecular formula is C35H56N16O5. The number of nitrogens with two attached hydrogens (primary N) is 6. The van der Waals surface area contributed by atoms with Crippen molar-refractivity contribution in [3.63, 3.8) is 0 Å². The fourth-order valence-electron chi connectivity index (χ4n) is 5.81. The molecular weight excluding hydrogens is 724 g/mol. The van der Waals surface area contributed by atoms with Crippen molar-refractivity contribution in [2.24, 2.45) is 50.3 Å². The minimum atomic E-state index is -1.09. The monoisotopic (exact) mass is 780 g/mol. The minimum Gasteiger partial charge on any atom is -0.370 e. The Morgan fingerprint density at radius 2 is 1.48 bits per heavy atom. The first kappa shape index (κ1) is 44.1. The van der Waals surface area contributed by atoms with E-state index < -0.39 is 59.7 Å². The van der Waals surface area contributed by atoms with Crippen molar-refractivity contribution >= 4 is 52.4 Å². The Bertz CT molecular complexity index is 1850. The number of para-hydroxylation sites is 1. The number of guanidine groups is 2. The smallest absolute Gasteiger partial charge is 0.274 e. The lowest BCUT2D eigenvalue weighted by atomic mass is 10.0. The molecule has 0 aliphatic carbocycles. The molecule has 0 spiro atoms. The van der Waals surface area contributed by atoms with E-state index in [0.717, 1.165) is 16.5 Å². The second kappa shape index (κ2) is 21.6. The largest absolute Gasteiger partial charge is 0.370 e. The maximum atomic E-state index is 13.3. The third kappa shape index (κ3) is 14.5. The number of H-pyrrole nitrogens is 1. The highest BCUT2D eigenvalue weighted by molar-refractivity contribution is 5.97. The average Bonchev–Trinajstić information content (AvgIpc) is 3.77. The zero-order valence-electron chi connectivity index (χ0n) is 32.0. The predicted molar refractivity (Wildman–Crippen MR) is 211 cm³/mol. The molecule has 3 rings (SSSR count). The molecule has 0 aliphatic rings. The number of carbonyl (C=O) groups excluding carboxylic acids is 5. The quantitative estimate of drug-likeness (QED) is 0.0271. The van der Waals surface area contributed by atoms with Crippen LogP contribution in [-0.2, 0) is 32.1 Å². The van der Waals surface area contributed by atoms with E-state index in [1.54, 1.807) is 6.92 Å². The highest BCUT2D eigenvalue weighted by atomic mass is 16.2. The van der Waals surface area contributed by atoms with Gasteiger partial charge < -0.3 is 60.7 Å². The van der Waals surface area contributed by atoms with Crippen LogP contribution in [0.25, 0.3) is 10.9 Å². The van der Waals surface area contributed by atoms with Crippen molar-refractivity contribution < 1.29 is 24.0 Å². The summed E-state index contributed by atoms with van der Waals surface area (Å²) in [7, 11) is 0. The van der Waals surface area contributed by atoms with E-state index in [1.807, 2.05) is 44.3 Å². The highest BCUT2D eigenvalue weighted by Gasteiger charge is 2.28. The van der Waals surface area contributed by atoms with Crippen LogP contribution in [0.4, 0.5) is 0 Å². The predicted octanol–water partition coefficient (Wildman–Crippen LogP) is -2.46. The van der Waals surface area contributed by atoms with Crippen molar-refractivity contribution in [1.82, 2.24) is 41.2 Å². The van der Waals surface area contributed by atoms with Crippen molar-refractivity contribution in [2.45, 2.75) is 96.1 Å². The molecule has 2 aromatic heterocycles. The lowest BCUT2D eigenvalue weighted by Gasteiger charge is -2.22. The van der Waals surface area contributed by atoms with Crippen molar-refractivity contribution in [3.8, 4) is 0 Å². The van der Waals surface area contributed by atoms with E-state index in [0.29, 0.717) is 25.7 Å². The van der Waals surface area contributed by atoms with Crippen LogP contribution in [0, 0.1) is 5.92 Å². The second-order valence-corrected chi connectivity index (χ2v) is 13.9. The number of fused-ring (bicyclic) bond motifs is 1. The summed E-state index contributed by atoms with van der Waals surface area (Å²) in [4.78, 5) is 76.0. The standard InChI is InChI=1S/C35H56N16O5/c1-19(2)14-27(29(37)52)48-32(55)26(11-7-13-43-35(40)41)47-33(56)28-18-51(50-49-28)17-22(8-6-12-42-34(38)39)46-30(53)20(3)45-31(54)24(36)15-21-16-44-25-10-5-4-9-23(21)25/h4-5,9-10,16,18-20,22,24,26-27,44H,6-8,11-15,17,36H2,1-3H3,(H2,37,52)(H,45,54)(H,46,53)(H,47,56)(H,48,55)(H4,38,39,42)(H4,40,41,43)/t20-,22-,24-,26-,27-/m0/s1. The number of amides is 5. The number of hydrogen-bond acceptors (Lipinski definition) is 10. The molecule has 21 nitrogen and oxygen atoms in total. The van der Waals surface area contributed by atoms with Gasteiger partial charge >= 0.3 is 0 Å². The Balaban J connectivity index is 1.67. The first-order valence-corrected chi connectivity index (χ1v) is 18.4. The third-order valence-electron chi connectivity index (χ3n) is 8.67. The van der Waals surface area contributed by atoms with Gasteiger partial charge in [-0.15, -0.1) is 5.10 Å². The molecule has 21 heteroatoms. The van der Waals surface area contributed by atoms with E-state index in [-0.39, 0.29) is 56.0 Å². The number of aliphatic imine (C=N–C) groups is 2. The molecule has 56 heavy (non-hydrogen) atoms. The molecule has 0 saturated carbocycles. The maximum absolute atomic E-state index is 13.3. The summed E-state index contributed by atoms with van der Waals surface area (Å²) in [5, 5.41) is 19.8. The lowest BCUT2D eigenvalue weighted by molar-refractivity contribution is -0.129. The minimum absolute atomic E-state index is 0.0553. The number of aromatic nitrogens is 4. The van der Waals surface area contributed by atoms with E-state index >= 15 is 0 Å². The summed E-state index contributed by atoms with van der Waals surface area (Å²) in [6.45, 7) is 5.85. The molecule has 0 fully saturated rings. The Labute approximate surface area is 324 Å². The van der Waals surface area contributed by atoms with Crippen LogP contribution in [0.3, 0.4) is 0 Å². The van der Waals surface area contributed by atoms with Gasteiger partial charge in [0.25, 0.3) is 5.91 Å². The van der Waals surface area contributed by atoms with Crippen LogP contribution in [-0.4, -0.2) is 105 Å². The average molecular weight is 781 g/mol. The summed E-state index contributed by atoms with van der Waals surface area (Å²) in [6, 6.07) is 3.21. The zero-order chi connectivity index (χ0) is 41.4. The lowest BCUT2D eigenvalue weighted by Crippen LogP contribution is -2.53. The molecule has 0 radical (unpaired) electrons. The molecule has 0 aliphatic heterocycles. The van der Waals surface area contributed by atoms with Crippen molar-refractivity contribution in [3.05, 3.63) is 47.9 Å². The molecule has 2 heterocycles. The van der Waals surface area contributed by atoms with Gasteiger partial charge in [-0.3, -0.25) is 34.0 Å². The maximum Gasteiger partial charge on any atom is 0.274 e. The van der Waals surface area contributed by atoms with Crippen molar-refractivity contribution in [1.29, 1.82) is 0 Å². The van der Waals surface area contributed by atoms with E-state index in [2.05, 4.69) is 46.5 Å². The van der Waals surface area contributed by atoms with Gasteiger partial charge in [0.05, 0.1) is 18.8 Å². The van der Waals surface area contributed by atoms with Gasteiger partial charge in [-0.2, -0.15) is 0 Å². The topological polar surface area (TPSA) is 361 Å². The van der Waals surface area contributed by atoms with E-state index in [1.165, 1.54) is 10.9 Å². The Morgan fingerprint density at radius 3 is 2.12 bits per heavy atom. The zero-order valence-corrected chi connectivity index (χ0v) is 32.0. The SMILES string of the molecule is CC(C)C[C@H](NC(=O)[C@H](CCCN=C(N)N)NC(=O)c1cn(C[C@H](CCCN=C(N)N)NC(=O)[C@H](C)NC(=O)[C@@H](N)Cc2c[nH]c3ccccc23)nn1)C(N)=O. The third-order valence-corrected chi connectivity index (χ3v) is 8.67. The van der Waals surface area contributed by atoms with Crippen LogP contribution in [0.2, 0.25) is 0 Å². The second-order valence-electron chi connectivity index (χ2n) is 13.9. The summed E-state index contributed by atoms with van der Waals surface area (Å²) >= 11 is 0. The first-order chi connectivity index (χ1) is 26.5. The molecule has 3 aromatic rings. The van der Waals surface area contributed by atoms with Crippen LogP contribution >= 0.6 is 0 Å². The number of hydrogen-bond donors (Lipinski definition) is 11. The summed E-state index contributed by atoms with van der Waals surface area (Å²) in [5.74, 6) is -3.17. The Morgan fingerprint density at radius 1 is 0.821 bits per heavy atom. The number of primary amides is 1. The van der Waals surface area contributed by atoms with Gasteiger partial charge in [0.1, 0.15) is 18.1 Å². The molecule has 0 unspecified atom stereocenters. The number of rotatable bonds is 23. The first-order valence-electron chi connectivity index (χ1n) is 18.4. The van der Waals surface area contributed by atoms with Gasteiger partial charge in [0.15, 0.2) is 17.6 Å². The van der Waals surface area contributed by atoms with Gasteiger partial charge in [-0.25, -0.2) is 4.68 Å². The highest BCUT2D eigenvalue weighted by Crippen LogP contribution is 2.19. The van der Waals surface area contributed by atoms with Crippen LogP contribution in [0.15, 0.2) is 46.6 Å². The van der Waals surface area contributed by atoms with Gasteiger partial charge in [-0.05, 0) is 63.0 Å². The van der Waals surface area contributed by atoms with E-state index in [4.69, 9.17) is 34.4 Å². The molecule has 0 saturated heterocycles. The summed E-state index contributed by atoms with van der Waals surface area (Å²) < 4.78 is 1.36. The molecule has 5 atom stereocenters. The van der Waals surface area contributed by atoms with E-state index in [9.17, 15) is 24.0 Å². The molecule has 0 bridgehead atoms. The fraction of sp³-hybridized carbons (Fsp3) is 0.514. The van der Waals surface area contributed by atoms with Crippen molar-refractivity contribution in [2.75, 3.05) is 13.1 Å². The van der Waals surface area contributed by atoms with Gasteiger partial charge in [0.2, 0.25) is 23.6 Å². The molecule has 17 N–H and O–H groups in total. The molecule has 5 amide bonds.